The molecule has 0 heterocycles. The van der Waals surface area contributed by atoms with E-state index in [1.54, 1.807) is 0 Å². The van der Waals surface area contributed by atoms with Crippen LogP contribution in [0.1, 0.15) is 12.5 Å². The molecule has 2 aromatic rings. The van der Waals surface area contributed by atoms with E-state index in [-0.39, 0.29) is 17.5 Å². The Morgan fingerprint density at radius 3 is 2.71 bits per heavy atom. The monoisotopic (exact) mass is 306 g/mol. The number of aryl methyl sites for hydroxylation is 1. The molecule has 0 spiro atoms. The minimum absolute atomic E-state index is 0.0241. The molecule has 0 bridgehead atoms. The number of rotatable bonds is 5. The minimum atomic E-state index is -0.483. The van der Waals surface area contributed by atoms with Crippen molar-refractivity contribution in [3.8, 4) is 0 Å². The maximum absolute atomic E-state index is 13.0. The standard InChI is InChI=1S/C16H16ClFN2O/c1-2-11-4-3-5-13(8-11)20-16(21)10-19-12-6-7-15(18)14(17)9-12/h3-9,19H,2,10H2,1H3,(H,20,21). The fourth-order valence-corrected chi connectivity index (χ4v) is 2.04. The fraction of sp³-hybridized carbons (Fsp3) is 0.188. The quantitative estimate of drug-likeness (QED) is 0.873. The molecule has 0 aliphatic heterocycles. The van der Waals surface area contributed by atoms with Crippen LogP contribution in [0.3, 0.4) is 0 Å². The van der Waals surface area contributed by atoms with Gasteiger partial charge in [-0.05, 0) is 42.3 Å². The predicted octanol–water partition coefficient (Wildman–Crippen LogP) is 4.09. The first-order valence-electron chi connectivity index (χ1n) is 6.66. The molecular formula is C16H16ClFN2O. The predicted molar refractivity (Wildman–Crippen MR) is 84.3 cm³/mol. The SMILES string of the molecule is CCc1cccc(NC(=O)CNc2ccc(F)c(Cl)c2)c1. The lowest BCUT2D eigenvalue weighted by molar-refractivity contribution is -0.114. The van der Waals surface area contributed by atoms with Crippen LogP contribution >= 0.6 is 11.6 Å². The van der Waals surface area contributed by atoms with Crippen LogP contribution < -0.4 is 10.6 Å². The van der Waals surface area contributed by atoms with E-state index >= 15 is 0 Å². The summed E-state index contributed by atoms with van der Waals surface area (Å²) < 4.78 is 13.0. The molecule has 1 amide bonds. The molecule has 0 aromatic heterocycles. The number of benzene rings is 2. The van der Waals surface area contributed by atoms with Crippen molar-refractivity contribution in [1.29, 1.82) is 0 Å². The van der Waals surface area contributed by atoms with Crippen LogP contribution in [-0.4, -0.2) is 12.5 Å². The second-order valence-corrected chi connectivity index (χ2v) is 4.99. The Kier molecular flexibility index (Phi) is 5.17. The fourth-order valence-electron chi connectivity index (χ4n) is 1.86. The molecule has 110 valence electrons. The number of nitrogens with one attached hydrogen (secondary N) is 2. The van der Waals surface area contributed by atoms with Gasteiger partial charge in [0.2, 0.25) is 5.91 Å². The molecule has 0 saturated carbocycles. The first-order valence-corrected chi connectivity index (χ1v) is 7.04. The number of halogens is 2. The van der Waals surface area contributed by atoms with Gasteiger partial charge < -0.3 is 10.6 Å². The third-order valence-corrected chi connectivity index (χ3v) is 3.28. The van der Waals surface area contributed by atoms with E-state index in [0.29, 0.717) is 5.69 Å². The molecule has 0 fully saturated rings. The van der Waals surface area contributed by atoms with Gasteiger partial charge in [-0.15, -0.1) is 0 Å². The van der Waals surface area contributed by atoms with E-state index in [0.717, 1.165) is 17.7 Å². The van der Waals surface area contributed by atoms with Gasteiger partial charge in [-0.25, -0.2) is 4.39 Å². The molecule has 0 unspecified atom stereocenters. The molecule has 2 aromatic carbocycles. The molecule has 0 radical (unpaired) electrons. The summed E-state index contributed by atoms with van der Waals surface area (Å²) in [5.74, 6) is -0.660. The van der Waals surface area contributed by atoms with E-state index in [4.69, 9.17) is 11.6 Å². The van der Waals surface area contributed by atoms with Crippen LogP contribution in [0.4, 0.5) is 15.8 Å². The minimum Gasteiger partial charge on any atom is -0.376 e. The van der Waals surface area contributed by atoms with E-state index in [1.807, 2.05) is 24.3 Å². The van der Waals surface area contributed by atoms with Crippen molar-refractivity contribution in [2.24, 2.45) is 0 Å². The highest BCUT2D eigenvalue weighted by Gasteiger charge is 2.04. The van der Waals surface area contributed by atoms with Crippen molar-refractivity contribution >= 4 is 28.9 Å². The summed E-state index contributed by atoms with van der Waals surface area (Å²) >= 11 is 5.68. The van der Waals surface area contributed by atoms with Crippen molar-refractivity contribution < 1.29 is 9.18 Å². The Balaban J connectivity index is 1.90. The maximum Gasteiger partial charge on any atom is 0.243 e. The topological polar surface area (TPSA) is 41.1 Å². The lowest BCUT2D eigenvalue weighted by Crippen LogP contribution is -2.21. The highest BCUT2D eigenvalue weighted by molar-refractivity contribution is 6.31. The number of hydrogen-bond donors (Lipinski definition) is 2. The number of anilines is 2. The van der Waals surface area contributed by atoms with Gasteiger partial charge in [-0.1, -0.05) is 30.7 Å². The molecule has 3 nitrogen and oxygen atoms in total. The molecule has 21 heavy (non-hydrogen) atoms. The van der Waals surface area contributed by atoms with Crippen LogP contribution in [0, 0.1) is 5.82 Å². The molecule has 5 heteroatoms. The van der Waals surface area contributed by atoms with Crippen LogP contribution in [0.5, 0.6) is 0 Å². The highest BCUT2D eigenvalue weighted by Crippen LogP contribution is 2.19. The second kappa shape index (κ2) is 7.09. The zero-order valence-electron chi connectivity index (χ0n) is 11.6. The summed E-state index contributed by atoms with van der Waals surface area (Å²) in [7, 11) is 0. The normalized spacial score (nSPS) is 10.2. The number of carbonyl (C=O) groups excluding carboxylic acids is 1. The van der Waals surface area contributed by atoms with Crippen molar-refractivity contribution in [1.82, 2.24) is 0 Å². The van der Waals surface area contributed by atoms with Crippen LogP contribution in [0.25, 0.3) is 0 Å². The summed E-state index contributed by atoms with van der Waals surface area (Å²) in [5.41, 5.74) is 2.52. The average Bonchev–Trinajstić information content (AvgIpc) is 2.48. The summed E-state index contributed by atoms with van der Waals surface area (Å²) in [6.07, 6.45) is 0.913. The van der Waals surface area contributed by atoms with Crippen LogP contribution in [0.15, 0.2) is 42.5 Å². The molecule has 0 aliphatic rings. The summed E-state index contributed by atoms with van der Waals surface area (Å²) in [5, 5.41) is 5.73. The summed E-state index contributed by atoms with van der Waals surface area (Å²) in [6.45, 7) is 2.14. The first-order chi connectivity index (χ1) is 10.1. The lowest BCUT2D eigenvalue weighted by Gasteiger charge is -2.09. The van der Waals surface area contributed by atoms with E-state index in [9.17, 15) is 9.18 Å². The molecular weight excluding hydrogens is 291 g/mol. The Hall–Kier alpha value is -2.07. The molecule has 2 rings (SSSR count). The van der Waals surface area contributed by atoms with Gasteiger partial charge in [0.1, 0.15) is 5.82 Å². The van der Waals surface area contributed by atoms with Gasteiger partial charge in [-0.2, -0.15) is 0 Å². The molecule has 2 N–H and O–H groups in total. The smallest absolute Gasteiger partial charge is 0.243 e. The Morgan fingerprint density at radius 1 is 1.19 bits per heavy atom. The van der Waals surface area contributed by atoms with Gasteiger partial charge in [0.15, 0.2) is 0 Å². The maximum atomic E-state index is 13.0. The number of hydrogen-bond acceptors (Lipinski definition) is 2. The zero-order chi connectivity index (χ0) is 15.2. The molecule has 0 atom stereocenters. The lowest BCUT2D eigenvalue weighted by atomic mass is 10.1. The van der Waals surface area contributed by atoms with Gasteiger partial charge in [0.25, 0.3) is 0 Å². The van der Waals surface area contributed by atoms with Gasteiger partial charge in [-0.3, -0.25) is 4.79 Å². The summed E-state index contributed by atoms with van der Waals surface area (Å²) in [6, 6.07) is 11.9. The third-order valence-electron chi connectivity index (χ3n) is 2.99. The van der Waals surface area contributed by atoms with Gasteiger partial charge >= 0.3 is 0 Å². The molecule has 0 aliphatic carbocycles. The van der Waals surface area contributed by atoms with Crippen molar-refractivity contribution in [2.45, 2.75) is 13.3 Å². The van der Waals surface area contributed by atoms with E-state index in [2.05, 4.69) is 17.6 Å². The van der Waals surface area contributed by atoms with Gasteiger partial charge in [0, 0.05) is 11.4 Å². The highest BCUT2D eigenvalue weighted by atomic mass is 35.5. The molecule has 0 saturated heterocycles. The summed E-state index contributed by atoms with van der Waals surface area (Å²) in [4.78, 5) is 11.9. The third kappa shape index (κ3) is 4.46. The van der Waals surface area contributed by atoms with E-state index < -0.39 is 5.82 Å². The Morgan fingerprint density at radius 2 is 2.00 bits per heavy atom. The van der Waals surface area contributed by atoms with Crippen LogP contribution in [0.2, 0.25) is 5.02 Å². The van der Waals surface area contributed by atoms with Crippen molar-refractivity contribution in [3.63, 3.8) is 0 Å². The Bertz CT molecular complexity index is 646. The van der Waals surface area contributed by atoms with E-state index in [1.165, 1.54) is 18.2 Å². The van der Waals surface area contributed by atoms with Crippen molar-refractivity contribution in [3.05, 3.63) is 58.9 Å². The largest absolute Gasteiger partial charge is 0.376 e. The first kappa shape index (κ1) is 15.3. The second-order valence-electron chi connectivity index (χ2n) is 4.58. The van der Waals surface area contributed by atoms with Crippen LogP contribution in [-0.2, 0) is 11.2 Å². The van der Waals surface area contributed by atoms with Gasteiger partial charge in [0.05, 0.1) is 11.6 Å². The Labute approximate surface area is 128 Å². The number of amides is 1. The van der Waals surface area contributed by atoms with Crippen molar-refractivity contribution in [2.75, 3.05) is 17.2 Å². The number of carbonyl (C=O) groups is 1. The zero-order valence-corrected chi connectivity index (χ0v) is 12.4. The average molecular weight is 307 g/mol.